The van der Waals surface area contributed by atoms with Gasteiger partial charge in [-0.1, -0.05) is 6.07 Å². The summed E-state index contributed by atoms with van der Waals surface area (Å²) in [4.78, 5) is 4.46. The topological polar surface area (TPSA) is 85.1 Å². The molecule has 0 aliphatic heterocycles. The van der Waals surface area contributed by atoms with E-state index in [-0.39, 0.29) is 0 Å². The van der Waals surface area contributed by atoms with Gasteiger partial charge in [0, 0.05) is 11.9 Å². The van der Waals surface area contributed by atoms with Crippen LogP contribution in [-0.2, 0) is 23.0 Å². The van der Waals surface area contributed by atoms with Gasteiger partial charge in [-0.3, -0.25) is 4.55 Å². The number of hydrogen-bond acceptors (Lipinski definition) is 4. The van der Waals surface area contributed by atoms with Gasteiger partial charge >= 0.3 is 15.6 Å². The van der Waals surface area contributed by atoms with Crippen LogP contribution in [0, 0.1) is 6.92 Å². The van der Waals surface area contributed by atoms with Crippen molar-refractivity contribution >= 4 is 10.1 Å². The van der Waals surface area contributed by atoms with E-state index < -0.39 is 15.6 Å². The van der Waals surface area contributed by atoms with Gasteiger partial charge in [-0.05, 0) is 43.9 Å². The summed E-state index contributed by atoms with van der Waals surface area (Å²) in [6, 6.07) is 6.01. The molecule has 6 nitrogen and oxygen atoms in total. The lowest BCUT2D eigenvalue weighted by Gasteiger charge is -2.01. The standard InChI is InChI=1S/C12H13N3.CHF3O3S/c1-9-4-2-7-12(13-9)15-8-10-5-3-6-11(10)14-15;2-1(3,4)8(5,6)7/h2,4,7-8H,3,5-6H2,1H3;(H,5,6,7). The second kappa shape index (κ2) is 6.28. The van der Waals surface area contributed by atoms with Gasteiger partial charge in [-0.25, -0.2) is 9.67 Å². The van der Waals surface area contributed by atoms with E-state index in [0.717, 1.165) is 17.9 Å². The highest BCUT2D eigenvalue weighted by atomic mass is 32.2. The summed E-state index contributed by atoms with van der Waals surface area (Å²) in [6.45, 7) is 2.00. The molecule has 23 heavy (non-hydrogen) atoms. The molecule has 0 saturated heterocycles. The maximum absolute atomic E-state index is 10.7. The Hall–Kier alpha value is -1.94. The van der Waals surface area contributed by atoms with Gasteiger partial charge in [0.2, 0.25) is 0 Å². The van der Waals surface area contributed by atoms with E-state index in [1.165, 1.54) is 24.1 Å². The van der Waals surface area contributed by atoms with E-state index in [2.05, 4.69) is 16.3 Å². The fourth-order valence-electron chi connectivity index (χ4n) is 2.08. The first kappa shape index (κ1) is 17.4. The van der Waals surface area contributed by atoms with Gasteiger partial charge in [0.15, 0.2) is 5.82 Å². The highest BCUT2D eigenvalue weighted by Gasteiger charge is 2.44. The molecule has 1 aliphatic carbocycles. The molecule has 0 fully saturated rings. The molecule has 0 saturated carbocycles. The molecular formula is C13H14F3N3O3S. The Morgan fingerprint density at radius 2 is 1.91 bits per heavy atom. The molecule has 2 heterocycles. The number of pyridine rings is 1. The highest BCUT2D eigenvalue weighted by molar-refractivity contribution is 7.86. The van der Waals surface area contributed by atoms with Crippen molar-refractivity contribution in [2.45, 2.75) is 31.7 Å². The molecule has 0 radical (unpaired) electrons. The molecule has 0 bridgehead atoms. The van der Waals surface area contributed by atoms with Crippen molar-refractivity contribution in [1.29, 1.82) is 0 Å². The lowest BCUT2D eigenvalue weighted by atomic mass is 10.3. The summed E-state index contributed by atoms with van der Waals surface area (Å²) >= 11 is 0. The van der Waals surface area contributed by atoms with Gasteiger partial charge in [-0.15, -0.1) is 0 Å². The zero-order valence-corrected chi connectivity index (χ0v) is 12.9. The van der Waals surface area contributed by atoms with Gasteiger partial charge in [-0.2, -0.15) is 26.7 Å². The average Bonchev–Trinajstić information content (AvgIpc) is 2.97. The van der Waals surface area contributed by atoms with E-state index in [1.807, 2.05) is 29.8 Å². The van der Waals surface area contributed by atoms with Gasteiger partial charge < -0.3 is 0 Å². The van der Waals surface area contributed by atoms with Crippen LogP contribution in [0.2, 0.25) is 0 Å². The van der Waals surface area contributed by atoms with E-state index in [9.17, 15) is 13.2 Å². The first-order valence-electron chi connectivity index (χ1n) is 6.63. The summed E-state index contributed by atoms with van der Waals surface area (Å²) in [5, 5.41) is 4.56. The number of aromatic nitrogens is 3. The van der Waals surface area contributed by atoms with Crippen LogP contribution < -0.4 is 0 Å². The molecule has 0 atom stereocenters. The Morgan fingerprint density at radius 3 is 2.43 bits per heavy atom. The third kappa shape index (κ3) is 4.29. The van der Waals surface area contributed by atoms with Crippen molar-refractivity contribution < 1.29 is 26.1 Å². The molecule has 3 rings (SSSR count). The molecule has 126 valence electrons. The van der Waals surface area contributed by atoms with Crippen LogP contribution in [0.25, 0.3) is 5.82 Å². The Bertz CT molecular complexity index is 779. The summed E-state index contributed by atoms with van der Waals surface area (Å²) in [5.74, 6) is 0.921. The molecule has 1 N–H and O–H groups in total. The summed E-state index contributed by atoms with van der Waals surface area (Å²) in [5.41, 5.74) is -1.87. The van der Waals surface area contributed by atoms with Crippen LogP contribution in [-0.4, -0.2) is 33.2 Å². The van der Waals surface area contributed by atoms with Crippen LogP contribution in [0.15, 0.2) is 24.4 Å². The van der Waals surface area contributed by atoms with Crippen molar-refractivity contribution in [3.63, 3.8) is 0 Å². The van der Waals surface area contributed by atoms with E-state index in [1.54, 1.807) is 0 Å². The van der Waals surface area contributed by atoms with Crippen molar-refractivity contribution in [3.05, 3.63) is 41.3 Å². The molecule has 2 aromatic heterocycles. The first-order valence-corrected chi connectivity index (χ1v) is 8.07. The van der Waals surface area contributed by atoms with E-state index in [0.29, 0.717) is 0 Å². The van der Waals surface area contributed by atoms with Crippen molar-refractivity contribution in [2.75, 3.05) is 0 Å². The monoisotopic (exact) mass is 349 g/mol. The highest BCUT2D eigenvalue weighted by Crippen LogP contribution is 2.21. The lowest BCUT2D eigenvalue weighted by molar-refractivity contribution is -0.0510. The molecule has 0 amide bonds. The molecule has 0 unspecified atom stereocenters. The Kier molecular flexibility index (Phi) is 4.76. The number of rotatable bonds is 1. The normalized spacial score (nSPS) is 14.1. The number of hydrogen-bond donors (Lipinski definition) is 1. The smallest absolute Gasteiger partial charge is 0.279 e. The van der Waals surface area contributed by atoms with Crippen LogP contribution in [0.4, 0.5) is 13.2 Å². The molecule has 10 heteroatoms. The number of fused-ring (bicyclic) bond motifs is 1. The first-order chi connectivity index (χ1) is 10.6. The molecule has 0 spiro atoms. The maximum Gasteiger partial charge on any atom is 0.522 e. The van der Waals surface area contributed by atoms with Crippen molar-refractivity contribution in [3.8, 4) is 5.82 Å². The van der Waals surface area contributed by atoms with E-state index >= 15 is 0 Å². The maximum atomic E-state index is 10.7. The zero-order chi connectivity index (χ0) is 17.3. The third-order valence-electron chi connectivity index (χ3n) is 3.14. The fourth-order valence-corrected chi connectivity index (χ4v) is 2.08. The van der Waals surface area contributed by atoms with Crippen LogP contribution in [0.5, 0.6) is 0 Å². The summed E-state index contributed by atoms with van der Waals surface area (Å²) < 4.78 is 59.4. The Balaban J connectivity index is 0.000000207. The third-order valence-corrected chi connectivity index (χ3v) is 3.72. The van der Waals surface area contributed by atoms with Gasteiger partial charge in [0.25, 0.3) is 0 Å². The fraction of sp³-hybridized carbons (Fsp3) is 0.385. The second-order valence-corrected chi connectivity index (χ2v) is 6.37. The number of nitrogens with zero attached hydrogens (tertiary/aromatic N) is 3. The van der Waals surface area contributed by atoms with E-state index in [4.69, 9.17) is 13.0 Å². The predicted molar refractivity (Wildman–Crippen MR) is 75.7 cm³/mol. The minimum absolute atomic E-state index is 0.921. The predicted octanol–water partition coefficient (Wildman–Crippen LogP) is 2.46. The number of aryl methyl sites for hydroxylation is 3. The Labute approximate surface area is 130 Å². The minimum Gasteiger partial charge on any atom is -0.279 e. The minimum atomic E-state index is -5.84. The average molecular weight is 349 g/mol. The summed E-state index contributed by atoms with van der Waals surface area (Å²) in [7, 11) is -5.84. The van der Waals surface area contributed by atoms with Crippen molar-refractivity contribution in [2.24, 2.45) is 0 Å². The second-order valence-electron chi connectivity index (χ2n) is 4.96. The zero-order valence-electron chi connectivity index (χ0n) is 12.1. The SMILES string of the molecule is Cc1cccc(-n2cc3c(n2)CCC3)n1.O=S(=O)(O)C(F)(F)F. The molecule has 0 aromatic carbocycles. The lowest BCUT2D eigenvalue weighted by Crippen LogP contribution is -2.21. The number of halogens is 3. The van der Waals surface area contributed by atoms with Gasteiger partial charge in [0.05, 0.1) is 5.69 Å². The Morgan fingerprint density at radius 1 is 1.26 bits per heavy atom. The summed E-state index contributed by atoms with van der Waals surface area (Å²) in [6.07, 6.45) is 5.65. The number of alkyl halides is 3. The van der Waals surface area contributed by atoms with Crippen LogP contribution >= 0.6 is 0 Å². The largest absolute Gasteiger partial charge is 0.522 e. The molecule has 1 aliphatic rings. The molecular weight excluding hydrogens is 335 g/mol. The quantitative estimate of drug-likeness (QED) is 0.631. The van der Waals surface area contributed by atoms with Crippen LogP contribution in [0.3, 0.4) is 0 Å². The van der Waals surface area contributed by atoms with Crippen molar-refractivity contribution in [1.82, 2.24) is 14.8 Å². The molecule has 2 aromatic rings. The van der Waals surface area contributed by atoms with Crippen LogP contribution in [0.1, 0.15) is 23.4 Å². The van der Waals surface area contributed by atoms with Gasteiger partial charge in [0.1, 0.15) is 0 Å².